The average Bonchev–Trinajstić information content (AvgIpc) is 1.64. The molecule has 13 aromatic rings. The molecule has 4 fully saturated rings. The number of hydrogen-bond acceptors (Lipinski definition) is 37. The van der Waals surface area contributed by atoms with Gasteiger partial charge >= 0.3 is 41.2 Å². The number of para-hydroxylation sites is 1. The fraction of sp³-hybridized carbons (Fsp3) is 0.337. The summed E-state index contributed by atoms with van der Waals surface area (Å²) in [6.07, 6.45) is 15.9. The first-order valence-corrected chi connectivity index (χ1v) is 54.2. The number of anilines is 2. The summed E-state index contributed by atoms with van der Waals surface area (Å²) in [6, 6.07) is 36.0. The lowest BCUT2D eigenvalue weighted by Crippen LogP contribution is -2.24. The van der Waals surface area contributed by atoms with Crippen molar-refractivity contribution in [2.45, 2.75) is 126 Å². The number of pyridine rings is 1. The smallest absolute Gasteiger partial charge is 0.333 e. The number of methoxy groups -OCH3 is 1. The van der Waals surface area contributed by atoms with E-state index in [-0.39, 0.29) is 120 Å². The van der Waals surface area contributed by atoms with Gasteiger partial charge in [-0.25, -0.2) is 65.4 Å². The van der Waals surface area contributed by atoms with Gasteiger partial charge in [-0.2, -0.15) is 38.1 Å². The fourth-order valence-corrected chi connectivity index (χ4v) is 22.9. The Bertz CT molecular complexity index is 7120. The van der Waals surface area contributed by atoms with Gasteiger partial charge in [-0.3, -0.25) is 35.9 Å². The molecule has 50 heteroatoms. The first kappa shape index (κ1) is 107. The van der Waals surface area contributed by atoms with Gasteiger partial charge in [-0.05, 0) is 182 Å². The van der Waals surface area contributed by atoms with E-state index in [4.69, 9.17) is 64.8 Å². The van der Waals surface area contributed by atoms with E-state index >= 15 is 0 Å². The third kappa shape index (κ3) is 30.2. The fourth-order valence-electron chi connectivity index (χ4n) is 17.2. The first-order valence-electron chi connectivity index (χ1n) is 43.8. The minimum atomic E-state index is -4.12. The Morgan fingerprint density at radius 1 is 0.493 bits per heavy atom. The van der Waals surface area contributed by atoms with E-state index in [2.05, 4.69) is 72.2 Å². The van der Waals surface area contributed by atoms with Gasteiger partial charge < -0.3 is 45.1 Å². The molecule has 4 aliphatic carbocycles. The molecule has 0 amide bonds. The van der Waals surface area contributed by atoms with Crippen molar-refractivity contribution in [3.05, 3.63) is 301 Å². The quantitative estimate of drug-likeness (QED) is 0.0161. The topological polar surface area (TPSA) is 590 Å². The number of benzene rings is 3. The number of hydrogen-bond donors (Lipinski definition) is 10. The molecule has 3 aromatic carbocycles. The number of nitrogens with two attached hydrogens (primary N) is 4. The second kappa shape index (κ2) is 48.6. The number of rotatable bonds is 38. The summed E-state index contributed by atoms with van der Waals surface area (Å²) >= 11 is 23.2. The number of aromatic nitrogens is 10. The second-order valence-electron chi connectivity index (χ2n) is 34.1. The van der Waals surface area contributed by atoms with Gasteiger partial charge in [0, 0.05) is 125 Å². The number of nitrogens with zero attached hydrogens (tertiary/aromatic N) is 10. The van der Waals surface area contributed by atoms with Crippen LogP contribution in [-0.4, -0.2) is 197 Å². The van der Waals surface area contributed by atoms with E-state index < -0.39 is 94.5 Å². The number of ether oxygens (including phenoxy) is 2. The van der Waals surface area contributed by atoms with E-state index in [1.165, 1.54) is 78.8 Å². The van der Waals surface area contributed by atoms with Gasteiger partial charge in [-0.1, -0.05) is 77.3 Å². The number of carbonyl (C=O) groups excluding carboxylic acids is 4. The van der Waals surface area contributed by atoms with Crippen molar-refractivity contribution >= 4 is 167 Å². The zero-order valence-electron chi connectivity index (χ0n) is 75.2. The number of halogens is 4. The number of fused-ring (bicyclic) bond motifs is 1. The van der Waals surface area contributed by atoms with Crippen LogP contribution in [0.15, 0.2) is 195 Å². The second-order valence-corrected chi connectivity index (χ2v) is 44.3. The van der Waals surface area contributed by atoms with Crippen molar-refractivity contribution in [3.63, 3.8) is 0 Å². The Morgan fingerprint density at radius 2 is 0.958 bits per heavy atom. The SMILES string of the molecule is COC(c1cccc(Cl)c1)c1cc(C(=O)c2cncnc2N[C@@H]2C[C@H](COS(N)(=O)=O)[C@@H](O)C2)sc1Cl.NS(=O)(=O)OC[C@H]1C[C@@H](Cc2ncncc2C(=O)c2cc(COc3ccccc3)cs2)C[C@@H]1O.NS(=O)(=O)OC[C@H]1C[C@@H](Cc2ncncc2C(=O)c2cc(Cn3ccc4cccnc43)cs2)C[C@@H]1O.NS(=O)(=O)OC[C@H]1C[C@@H](Nc2ncncc2C(=O)c2cc(Cc3cccc(Cl)c3)c(F)s2)C[C@@H]1O. The molecule has 10 heterocycles. The molecular formula is C92H96Cl3FN16O22S8. The maximum Gasteiger partial charge on any atom is 0.333 e. The standard InChI is InChI=1S/C24H25N5O5S2.C23H24Cl2N4O6S2.C23H25N3O6S2.C22H22ClFN4O5S2/c25-36(32,33)34-12-18-6-15(8-21(18)30)7-20-19(10-26-14-28-20)23(31)22-9-16(13-35-22)11-29-5-3-17-2-1-4-27-24(17)29;1-34-21(12-3-2-4-14(24)5-12)16-8-19(36-22(16)25)20(31)17-9-27-11-28-23(17)29-15-6-13(18(30)7-15)10-35-37(26,32)33;24-34(29,30)32-12-17-6-15(8-21(17)27)7-20-19(10-25-14-26-20)23(28)22-9-16(13-33-22)11-31-18-4-2-1-3-5-18;23-15-3-1-2-12(5-15)4-13-7-19(34-21(13)24)20(30)17-9-26-11-27-22(17)28-16-6-14(18(29)8-16)10-33-35(25,31)32/h1-5,9-10,13-15,18,21,30H,6-8,11-12H2,(H2,25,32,33);2-5,8-9,11,13,15,18,21,30H,6-7,10H2,1H3,(H2,26,32,33)(H,27,28,29);1-5,9-10,13-15,17,21,27H,6-8,11-12H2,(H2,24,29,30);1-3,5,7,9,11,14,16,18,29H,4,6,8,10H2,(H2,25,31,32)(H,26,27,28)/t15-,18+,21-;13-,15-,18+,21?;15-,17+,21-;14-,16-,18+/m0101/s1. The van der Waals surface area contributed by atoms with Gasteiger partial charge in [0.15, 0.2) is 5.13 Å². The molecule has 0 saturated heterocycles. The zero-order valence-corrected chi connectivity index (χ0v) is 84.0. The molecule has 38 nitrogen and oxygen atoms in total. The van der Waals surface area contributed by atoms with Crippen molar-refractivity contribution in [1.29, 1.82) is 0 Å². The molecule has 0 bridgehead atoms. The van der Waals surface area contributed by atoms with E-state index in [1.54, 1.807) is 55.8 Å². The Labute approximate surface area is 846 Å². The summed E-state index contributed by atoms with van der Waals surface area (Å²) in [4.78, 5) is 92.5. The van der Waals surface area contributed by atoms with Crippen LogP contribution in [0.25, 0.3) is 11.0 Å². The van der Waals surface area contributed by atoms with Gasteiger partial charge in [-0.15, -0.1) is 45.3 Å². The maximum absolute atomic E-state index is 14.6. The minimum Gasteiger partial charge on any atom is -0.489 e. The molecule has 4 aliphatic rings. The third-order valence-electron chi connectivity index (χ3n) is 23.9. The van der Waals surface area contributed by atoms with Crippen LogP contribution in [0.5, 0.6) is 5.75 Å². The molecule has 4 saturated carbocycles. The molecule has 13 atom stereocenters. The van der Waals surface area contributed by atoms with Crippen LogP contribution >= 0.6 is 80.1 Å². The Balaban J connectivity index is 0.000000150. The number of aliphatic hydroxyl groups is 4. The molecule has 0 spiro atoms. The van der Waals surface area contributed by atoms with Crippen LogP contribution < -0.4 is 35.9 Å². The van der Waals surface area contributed by atoms with Crippen molar-refractivity contribution in [2.24, 2.45) is 56.1 Å². The molecule has 17 rings (SSSR count). The molecule has 752 valence electrons. The lowest BCUT2D eigenvalue weighted by Gasteiger charge is -2.16. The zero-order chi connectivity index (χ0) is 101. The Hall–Kier alpha value is -10.4. The van der Waals surface area contributed by atoms with Crippen molar-refractivity contribution in [3.8, 4) is 5.75 Å². The highest BCUT2D eigenvalue weighted by atomic mass is 35.5. The summed E-state index contributed by atoms with van der Waals surface area (Å²) in [7, 11) is -14.8. The largest absolute Gasteiger partial charge is 0.489 e. The third-order valence-corrected chi connectivity index (χ3v) is 30.5. The highest BCUT2D eigenvalue weighted by Gasteiger charge is 2.40. The monoisotopic (exact) mass is 2160 g/mol. The van der Waals surface area contributed by atoms with Gasteiger partial charge in [0.1, 0.15) is 61.1 Å². The van der Waals surface area contributed by atoms with Gasteiger partial charge in [0.05, 0.1) is 108 Å². The molecule has 0 radical (unpaired) electrons. The predicted molar refractivity (Wildman–Crippen MR) is 529 cm³/mol. The van der Waals surface area contributed by atoms with E-state index in [9.17, 15) is 77.7 Å². The summed E-state index contributed by atoms with van der Waals surface area (Å²) in [5.74, 6) is -1.40. The van der Waals surface area contributed by atoms with Crippen molar-refractivity contribution in [1.82, 2.24) is 49.4 Å². The molecule has 14 N–H and O–H groups in total. The summed E-state index contributed by atoms with van der Waals surface area (Å²) in [6.45, 7) is 0.124. The molecule has 0 aliphatic heterocycles. The lowest BCUT2D eigenvalue weighted by atomic mass is 9.96. The Kier molecular flexibility index (Phi) is 36.7. The average molecular weight is 2160 g/mol. The molecule has 142 heavy (non-hydrogen) atoms. The number of thiophene rings is 4. The molecule has 10 aromatic heterocycles. The molecular weight excluding hydrogens is 2060 g/mol. The summed E-state index contributed by atoms with van der Waals surface area (Å²) in [5.41, 5.74) is 7.83. The normalized spacial score (nSPS) is 20.3. The minimum absolute atomic E-state index is 0.0173. The van der Waals surface area contributed by atoms with Gasteiger partial charge in [0.25, 0.3) is 0 Å². The van der Waals surface area contributed by atoms with Crippen molar-refractivity contribution < 1.29 is 104 Å². The predicted octanol–water partition coefficient (Wildman–Crippen LogP) is 11.3. The van der Waals surface area contributed by atoms with Crippen LogP contribution in [0.4, 0.5) is 16.0 Å². The van der Waals surface area contributed by atoms with Gasteiger partial charge in [0.2, 0.25) is 23.1 Å². The van der Waals surface area contributed by atoms with Crippen LogP contribution in [0.3, 0.4) is 0 Å². The lowest BCUT2D eigenvalue weighted by molar-refractivity contribution is 0.0997. The number of aliphatic hydroxyl groups excluding tert-OH is 4. The maximum atomic E-state index is 14.6. The van der Waals surface area contributed by atoms with Crippen LogP contribution in [0, 0.1) is 40.6 Å². The van der Waals surface area contributed by atoms with Crippen LogP contribution in [0.1, 0.15) is 163 Å². The molecule has 1 unspecified atom stereocenters. The highest BCUT2D eigenvalue weighted by molar-refractivity contribution is 7.85. The highest BCUT2D eigenvalue weighted by Crippen LogP contribution is 2.42. The van der Waals surface area contributed by atoms with Crippen molar-refractivity contribution in [2.75, 3.05) is 44.2 Å². The Morgan fingerprint density at radius 3 is 1.46 bits per heavy atom. The first-order chi connectivity index (χ1) is 67.7. The van der Waals surface area contributed by atoms with E-state index in [1.807, 2.05) is 94.3 Å². The number of nitrogens with one attached hydrogen (secondary N) is 2. The number of ketones is 4. The number of carbonyl (C=O) groups is 4. The van der Waals surface area contributed by atoms with E-state index in [0.717, 1.165) is 61.7 Å². The van der Waals surface area contributed by atoms with Crippen LogP contribution in [-0.2, 0) is 95.1 Å². The summed E-state index contributed by atoms with van der Waals surface area (Å²) in [5, 5.41) is 72.6. The van der Waals surface area contributed by atoms with E-state index in [0.29, 0.717) is 134 Å². The van der Waals surface area contributed by atoms with Crippen LogP contribution in [0.2, 0.25) is 14.4 Å². The summed E-state index contributed by atoms with van der Waals surface area (Å²) < 4.78 is 136.